The van der Waals surface area contributed by atoms with E-state index in [1.807, 2.05) is 24.5 Å². The molecule has 3 heterocycles. The maximum atomic E-state index is 13.6. The molecule has 5 rings (SSSR count). The molecule has 35 heavy (non-hydrogen) atoms. The minimum absolute atomic E-state index is 0.267. The number of hydrogen-bond donors (Lipinski definition) is 2. The van der Waals surface area contributed by atoms with Gasteiger partial charge in [-0.05, 0) is 83.0 Å². The molecule has 1 aliphatic carbocycles. The largest absolute Gasteiger partial charge is 0.389 e. The zero-order valence-electron chi connectivity index (χ0n) is 20.6. The van der Waals surface area contributed by atoms with Gasteiger partial charge in [-0.2, -0.15) is 4.98 Å². The number of halogens is 1. The summed E-state index contributed by atoms with van der Waals surface area (Å²) in [6.07, 6.45) is 10.6. The predicted octanol–water partition coefficient (Wildman–Crippen LogP) is 4.77. The summed E-state index contributed by atoms with van der Waals surface area (Å²) in [6, 6.07) is 8.79. The summed E-state index contributed by atoms with van der Waals surface area (Å²) in [6.45, 7) is 6.24. The molecule has 0 atom stereocenters. The number of nitrogens with zero attached hydrogens (tertiary/aromatic N) is 5. The van der Waals surface area contributed by atoms with Crippen molar-refractivity contribution < 1.29 is 9.50 Å². The van der Waals surface area contributed by atoms with Gasteiger partial charge < -0.3 is 15.3 Å². The van der Waals surface area contributed by atoms with Crippen molar-refractivity contribution in [1.29, 1.82) is 0 Å². The molecule has 3 aromatic rings. The number of rotatable bonds is 7. The molecular formula is C27H35FN6O. The van der Waals surface area contributed by atoms with Crippen LogP contribution >= 0.6 is 0 Å². The number of benzene rings is 1. The van der Waals surface area contributed by atoms with Crippen LogP contribution in [0.2, 0.25) is 0 Å². The molecule has 0 unspecified atom stereocenters. The third kappa shape index (κ3) is 5.87. The topological polar surface area (TPSA) is 79.1 Å². The number of nitrogens with one attached hydrogen (secondary N) is 1. The fourth-order valence-electron chi connectivity index (χ4n) is 5.31. The van der Waals surface area contributed by atoms with Gasteiger partial charge in [0.05, 0.1) is 11.3 Å². The van der Waals surface area contributed by atoms with Gasteiger partial charge in [0.1, 0.15) is 17.5 Å². The van der Waals surface area contributed by atoms with Crippen molar-refractivity contribution in [3.05, 3.63) is 54.2 Å². The normalized spacial score (nSPS) is 18.3. The molecular weight excluding hydrogens is 443 g/mol. The highest BCUT2D eigenvalue weighted by atomic mass is 19.1. The average molecular weight is 479 g/mol. The van der Waals surface area contributed by atoms with E-state index in [0.717, 1.165) is 61.7 Å². The molecule has 8 heteroatoms. The Kier molecular flexibility index (Phi) is 6.84. The number of hydrogen-bond acceptors (Lipinski definition) is 6. The minimum atomic E-state index is -0.693. The Bertz CT molecular complexity index is 1130. The number of likely N-dealkylation sites (tertiary alicyclic amines) is 1. The summed E-state index contributed by atoms with van der Waals surface area (Å²) in [5, 5.41) is 13.7. The van der Waals surface area contributed by atoms with Gasteiger partial charge in [0.25, 0.3) is 0 Å². The summed E-state index contributed by atoms with van der Waals surface area (Å²) in [5.41, 5.74) is 1.18. The summed E-state index contributed by atoms with van der Waals surface area (Å²) in [7, 11) is 0. The molecule has 2 aliphatic rings. The van der Waals surface area contributed by atoms with Crippen LogP contribution in [0.25, 0.3) is 17.2 Å². The van der Waals surface area contributed by atoms with Crippen LogP contribution < -0.4 is 5.32 Å². The van der Waals surface area contributed by atoms with Gasteiger partial charge in [-0.3, -0.25) is 4.57 Å². The number of aromatic nitrogens is 4. The maximum absolute atomic E-state index is 13.6. The van der Waals surface area contributed by atoms with Gasteiger partial charge in [0.15, 0.2) is 0 Å². The zero-order valence-corrected chi connectivity index (χ0v) is 20.6. The molecule has 186 valence electrons. The monoisotopic (exact) mass is 478 g/mol. The van der Waals surface area contributed by atoms with E-state index in [1.54, 1.807) is 18.3 Å². The molecule has 1 aliphatic heterocycles. The summed E-state index contributed by atoms with van der Waals surface area (Å²) < 4.78 is 15.7. The van der Waals surface area contributed by atoms with Crippen LogP contribution in [0.15, 0.2) is 42.7 Å². The van der Waals surface area contributed by atoms with Gasteiger partial charge in [0, 0.05) is 36.5 Å². The number of β-amino-alcohol motifs (C(OH)–C–C–N with tert-alkyl or cyclic N) is 1. The minimum Gasteiger partial charge on any atom is -0.389 e. The fraction of sp³-hybridized carbons (Fsp3) is 0.519. The second kappa shape index (κ2) is 10.0. The van der Waals surface area contributed by atoms with Crippen LogP contribution in [0.4, 0.5) is 10.3 Å². The van der Waals surface area contributed by atoms with Crippen molar-refractivity contribution >= 4 is 5.95 Å². The van der Waals surface area contributed by atoms with E-state index < -0.39 is 5.60 Å². The molecule has 1 saturated carbocycles. The first-order chi connectivity index (χ1) is 16.8. The van der Waals surface area contributed by atoms with Gasteiger partial charge in [0.2, 0.25) is 5.95 Å². The third-order valence-electron chi connectivity index (χ3n) is 7.02. The van der Waals surface area contributed by atoms with Crippen LogP contribution in [-0.2, 0) is 0 Å². The standard InChI is InChI=1S/C27H35FN6O/c1-27(2,35)18-33-15-12-19(13-16-33)23-17-34(25(31-23)20-7-9-21(28)10-8-20)24-11-14-29-26(32-24)30-22-5-3-4-6-22/h7-11,14,17,19,22,35H,3-6,12-13,15-16,18H2,1-2H3,(H,29,30,32). The number of aliphatic hydroxyl groups is 1. The Morgan fingerprint density at radius 3 is 2.43 bits per heavy atom. The van der Waals surface area contributed by atoms with E-state index in [1.165, 1.54) is 25.0 Å². The van der Waals surface area contributed by atoms with Crippen molar-refractivity contribution in [2.24, 2.45) is 0 Å². The predicted molar refractivity (Wildman–Crippen MR) is 135 cm³/mol. The number of anilines is 1. The van der Waals surface area contributed by atoms with Crippen LogP contribution in [0.1, 0.15) is 64.0 Å². The molecule has 0 radical (unpaired) electrons. The Hall–Kier alpha value is -2.84. The van der Waals surface area contributed by atoms with Crippen LogP contribution in [0, 0.1) is 5.82 Å². The van der Waals surface area contributed by atoms with Crippen molar-refractivity contribution in [2.75, 3.05) is 25.0 Å². The molecule has 0 amide bonds. The van der Waals surface area contributed by atoms with Crippen molar-refractivity contribution in [3.63, 3.8) is 0 Å². The molecule has 2 fully saturated rings. The van der Waals surface area contributed by atoms with E-state index in [9.17, 15) is 9.50 Å². The summed E-state index contributed by atoms with van der Waals surface area (Å²) in [4.78, 5) is 16.6. The Labute approximate surface area is 206 Å². The fourth-order valence-corrected chi connectivity index (χ4v) is 5.31. The second-order valence-electron chi connectivity index (χ2n) is 10.6. The molecule has 2 aromatic heterocycles. The highest BCUT2D eigenvalue weighted by molar-refractivity contribution is 5.59. The Morgan fingerprint density at radius 2 is 1.74 bits per heavy atom. The van der Waals surface area contributed by atoms with Crippen molar-refractivity contribution in [1.82, 2.24) is 24.4 Å². The lowest BCUT2D eigenvalue weighted by Crippen LogP contribution is -2.42. The van der Waals surface area contributed by atoms with E-state index >= 15 is 0 Å². The highest BCUT2D eigenvalue weighted by Gasteiger charge is 2.27. The number of imidazole rings is 1. The molecule has 0 spiro atoms. The van der Waals surface area contributed by atoms with Gasteiger partial charge in [-0.15, -0.1) is 0 Å². The first-order valence-electron chi connectivity index (χ1n) is 12.7. The van der Waals surface area contributed by atoms with Crippen LogP contribution in [0.5, 0.6) is 0 Å². The molecule has 1 aromatic carbocycles. The first kappa shape index (κ1) is 23.9. The van der Waals surface area contributed by atoms with Crippen molar-refractivity contribution in [3.8, 4) is 17.2 Å². The summed E-state index contributed by atoms with van der Waals surface area (Å²) >= 11 is 0. The lowest BCUT2D eigenvalue weighted by molar-refractivity contribution is 0.0280. The SMILES string of the molecule is CC(C)(O)CN1CCC(c2cn(-c3ccnc(NC4CCCC4)n3)c(-c3ccc(F)cc3)n2)CC1. The zero-order chi connectivity index (χ0) is 24.4. The Morgan fingerprint density at radius 1 is 1.03 bits per heavy atom. The first-order valence-corrected chi connectivity index (χ1v) is 12.7. The lowest BCUT2D eigenvalue weighted by atomic mass is 9.93. The van der Waals surface area contributed by atoms with Crippen molar-refractivity contribution in [2.45, 2.75) is 69.9 Å². The smallest absolute Gasteiger partial charge is 0.224 e. The quantitative estimate of drug-likeness (QED) is 0.509. The van der Waals surface area contributed by atoms with E-state index in [-0.39, 0.29) is 5.82 Å². The van der Waals surface area contributed by atoms with Crippen LogP contribution in [-0.4, -0.2) is 60.8 Å². The Balaban J connectivity index is 1.43. The molecule has 0 bridgehead atoms. The van der Waals surface area contributed by atoms with E-state index in [4.69, 9.17) is 9.97 Å². The number of piperidine rings is 1. The maximum Gasteiger partial charge on any atom is 0.224 e. The van der Waals surface area contributed by atoms with E-state index in [0.29, 0.717) is 24.5 Å². The highest BCUT2D eigenvalue weighted by Crippen LogP contribution is 2.32. The van der Waals surface area contributed by atoms with E-state index in [2.05, 4.69) is 21.4 Å². The van der Waals surface area contributed by atoms with Gasteiger partial charge in [-0.1, -0.05) is 12.8 Å². The second-order valence-corrected chi connectivity index (χ2v) is 10.6. The molecule has 2 N–H and O–H groups in total. The molecule has 7 nitrogen and oxygen atoms in total. The molecule has 1 saturated heterocycles. The van der Waals surface area contributed by atoms with Crippen LogP contribution in [0.3, 0.4) is 0 Å². The van der Waals surface area contributed by atoms with Gasteiger partial charge in [-0.25, -0.2) is 14.4 Å². The lowest BCUT2D eigenvalue weighted by Gasteiger charge is -2.34. The summed E-state index contributed by atoms with van der Waals surface area (Å²) in [5.74, 6) is 2.19. The van der Waals surface area contributed by atoms with Gasteiger partial charge >= 0.3 is 0 Å². The third-order valence-corrected chi connectivity index (χ3v) is 7.02. The average Bonchev–Trinajstić information content (AvgIpc) is 3.50.